The molecule has 126 valence electrons. The highest BCUT2D eigenvalue weighted by atomic mass is 32.2. The molecule has 0 aliphatic carbocycles. The van der Waals surface area contributed by atoms with Gasteiger partial charge >= 0.3 is 0 Å². The van der Waals surface area contributed by atoms with Gasteiger partial charge in [0.1, 0.15) is 5.76 Å². The Labute approximate surface area is 139 Å². The minimum Gasteiger partial charge on any atom is -0.448 e. The lowest BCUT2D eigenvalue weighted by Crippen LogP contribution is -2.27. The zero-order chi connectivity index (χ0) is 17.2. The van der Waals surface area contributed by atoms with Crippen LogP contribution < -0.4 is 10.0 Å². The van der Waals surface area contributed by atoms with Gasteiger partial charge in [0.05, 0.1) is 10.6 Å². The van der Waals surface area contributed by atoms with Gasteiger partial charge in [-0.05, 0) is 20.9 Å². The molecule has 0 aromatic carbocycles. The SMILES string of the molecule is CNS(=O)(=O)c1cc(C(=O)NC[C@H](C)c2ncc(C)s2)c(C)o1. The molecule has 0 aliphatic rings. The van der Waals surface area contributed by atoms with Crippen LogP contribution in [0.25, 0.3) is 0 Å². The molecule has 2 aromatic rings. The van der Waals surface area contributed by atoms with Crippen LogP contribution in [0.1, 0.15) is 38.8 Å². The third kappa shape index (κ3) is 3.98. The second-order valence-corrected chi connectivity index (χ2v) is 8.25. The number of aromatic nitrogens is 1. The normalized spacial score (nSPS) is 13.0. The number of nitrogens with zero attached hydrogens (tertiary/aromatic N) is 1. The van der Waals surface area contributed by atoms with E-state index in [1.165, 1.54) is 13.1 Å². The molecule has 2 N–H and O–H groups in total. The zero-order valence-corrected chi connectivity index (χ0v) is 15.0. The van der Waals surface area contributed by atoms with Crippen molar-refractivity contribution in [3.8, 4) is 0 Å². The van der Waals surface area contributed by atoms with Gasteiger partial charge in [-0.15, -0.1) is 11.3 Å². The molecule has 7 nitrogen and oxygen atoms in total. The maximum atomic E-state index is 12.2. The van der Waals surface area contributed by atoms with Crippen molar-refractivity contribution < 1.29 is 17.6 Å². The van der Waals surface area contributed by atoms with E-state index in [4.69, 9.17) is 4.42 Å². The first kappa shape index (κ1) is 17.6. The van der Waals surface area contributed by atoms with Crippen LogP contribution >= 0.6 is 11.3 Å². The highest BCUT2D eigenvalue weighted by molar-refractivity contribution is 7.89. The lowest BCUT2D eigenvalue weighted by Gasteiger charge is -2.09. The highest BCUT2D eigenvalue weighted by Gasteiger charge is 2.23. The molecule has 0 fully saturated rings. The maximum absolute atomic E-state index is 12.2. The second-order valence-electron chi connectivity index (χ2n) is 5.16. The number of aryl methyl sites for hydroxylation is 2. The van der Waals surface area contributed by atoms with Gasteiger partial charge in [0.2, 0.25) is 5.09 Å². The molecule has 0 spiro atoms. The molecule has 1 amide bonds. The summed E-state index contributed by atoms with van der Waals surface area (Å²) in [4.78, 5) is 17.6. The first-order valence-electron chi connectivity index (χ1n) is 6.99. The summed E-state index contributed by atoms with van der Waals surface area (Å²) in [5.41, 5.74) is 0.210. The van der Waals surface area contributed by atoms with Gasteiger partial charge in [-0.1, -0.05) is 6.92 Å². The lowest BCUT2D eigenvalue weighted by molar-refractivity contribution is 0.0950. The molecule has 0 saturated carbocycles. The van der Waals surface area contributed by atoms with Crippen molar-refractivity contribution in [3.05, 3.63) is 33.5 Å². The number of carbonyl (C=O) groups excluding carboxylic acids is 1. The molecule has 0 saturated heterocycles. The number of nitrogens with one attached hydrogen (secondary N) is 2. The number of hydrogen-bond acceptors (Lipinski definition) is 6. The third-order valence-electron chi connectivity index (χ3n) is 3.30. The van der Waals surface area contributed by atoms with E-state index in [9.17, 15) is 13.2 Å². The molecule has 0 bridgehead atoms. The molecule has 23 heavy (non-hydrogen) atoms. The van der Waals surface area contributed by atoms with Crippen LogP contribution in [-0.2, 0) is 10.0 Å². The van der Waals surface area contributed by atoms with Crippen LogP contribution in [0.2, 0.25) is 0 Å². The molecule has 2 rings (SSSR count). The van der Waals surface area contributed by atoms with Crippen LogP contribution in [0.15, 0.2) is 21.8 Å². The van der Waals surface area contributed by atoms with Gasteiger partial charge < -0.3 is 9.73 Å². The van der Waals surface area contributed by atoms with Crippen LogP contribution in [0.3, 0.4) is 0 Å². The smallest absolute Gasteiger partial charge is 0.273 e. The van der Waals surface area contributed by atoms with E-state index in [0.29, 0.717) is 6.54 Å². The lowest BCUT2D eigenvalue weighted by atomic mass is 10.2. The zero-order valence-electron chi connectivity index (χ0n) is 13.3. The van der Waals surface area contributed by atoms with Gasteiger partial charge in [0, 0.05) is 29.6 Å². The second kappa shape index (κ2) is 6.81. The number of carbonyl (C=O) groups is 1. The Balaban J connectivity index is 2.07. The quantitative estimate of drug-likeness (QED) is 0.821. The van der Waals surface area contributed by atoms with Gasteiger partial charge in [0.15, 0.2) is 0 Å². The standard InChI is InChI=1S/C14H19N3O4S2/c1-8(14-17-7-9(2)22-14)6-16-13(18)11-5-12(21-10(11)3)23(19,20)15-4/h5,7-8,15H,6H2,1-4H3,(H,16,18)/t8-/m0/s1. The Kier molecular flexibility index (Phi) is 5.23. The van der Waals surface area contributed by atoms with E-state index < -0.39 is 10.0 Å². The number of rotatable bonds is 6. The first-order chi connectivity index (χ1) is 10.7. The number of sulfonamides is 1. The van der Waals surface area contributed by atoms with Crippen LogP contribution in [0.5, 0.6) is 0 Å². The molecule has 2 heterocycles. The van der Waals surface area contributed by atoms with E-state index in [2.05, 4.69) is 15.0 Å². The Bertz CT molecular complexity index is 808. The monoisotopic (exact) mass is 357 g/mol. The fourth-order valence-electron chi connectivity index (χ4n) is 1.94. The number of hydrogen-bond donors (Lipinski definition) is 2. The van der Waals surface area contributed by atoms with Crippen molar-refractivity contribution in [1.82, 2.24) is 15.0 Å². The Morgan fingerprint density at radius 3 is 2.70 bits per heavy atom. The molecule has 9 heteroatoms. The average molecular weight is 357 g/mol. The predicted molar refractivity (Wildman–Crippen MR) is 87.3 cm³/mol. The summed E-state index contributed by atoms with van der Waals surface area (Å²) in [5, 5.41) is 3.46. The summed E-state index contributed by atoms with van der Waals surface area (Å²) in [6, 6.07) is 1.23. The van der Waals surface area contributed by atoms with Crippen molar-refractivity contribution in [2.24, 2.45) is 0 Å². The Hall–Kier alpha value is -1.71. The highest BCUT2D eigenvalue weighted by Crippen LogP contribution is 2.21. The third-order valence-corrected chi connectivity index (χ3v) is 5.72. The van der Waals surface area contributed by atoms with Gasteiger partial charge in [-0.2, -0.15) is 0 Å². The van der Waals surface area contributed by atoms with Crippen molar-refractivity contribution in [3.63, 3.8) is 0 Å². The van der Waals surface area contributed by atoms with Crippen LogP contribution in [0.4, 0.5) is 0 Å². The topological polar surface area (TPSA) is 101 Å². The summed E-state index contributed by atoms with van der Waals surface area (Å²) >= 11 is 1.59. The fraction of sp³-hybridized carbons (Fsp3) is 0.429. The average Bonchev–Trinajstić information content (AvgIpc) is 3.11. The maximum Gasteiger partial charge on any atom is 0.273 e. The molecule has 0 unspecified atom stereocenters. The Morgan fingerprint density at radius 2 is 2.13 bits per heavy atom. The minimum absolute atomic E-state index is 0.0744. The van der Waals surface area contributed by atoms with E-state index >= 15 is 0 Å². The molecule has 0 radical (unpaired) electrons. The minimum atomic E-state index is -3.71. The van der Waals surface area contributed by atoms with E-state index in [1.54, 1.807) is 24.5 Å². The predicted octanol–water partition coefficient (Wildman–Crippen LogP) is 1.79. The van der Waals surface area contributed by atoms with Crippen molar-refractivity contribution in [2.45, 2.75) is 31.8 Å². The van der Waals surface area contributed by atoms with Gasteiger partial charge in [0.25, 0.3) is 15.9 Å². The van der Waals surface area contributed by atoms with Crippen molar-refractivity contribution in [1.29, 1.82) is 0 Å². The number of furan rings is 1. The summed E-state index contributed by atoms with van der Waals surface area (Å²) in [6.07, 6.45) is 1.80. The first-order valence-corrected chi connectivity index (χ1v) is 9.29. The van der Waals surface area contributed by atoms with Gasteiger partial charge in [-0.25, -0.2) is 18.1 Å². The summed E-state index contributed by atoms with van der Waals surface area (Å²) < 4.78 is 30.7. The molecule has 1 atom stereocenters. The van der Waals surface area contributed by atoms with E-state index in [-0.39, 0.29) is 28.2 Å². The molecular weight excluding hydrogens is 338 g/mol. The van der Waals surface area contributed by atoms with E-state index in [0.717, 1.165) is 9.88 Å². The summed E-state index contributed by atoms with van der Waals surface area (Å²) in [5.74, 6) is -0.0385. The summed E-state index contributed by atoms with van der Waals surface area (Å²) in [7, 11) is -2.43. The van der Waals surface area contributed by atoms with Gasteiger partial charge in [-0.3, -0.25) is 4.79 Å². The largest absolute Gasteiger partial charge is 0.448 e. The fourth-order valence-corrected chi connectivity index (χ4v) is 3.48. The summed E-state index contributed by atoms with van der Waals surface area (Å²) in [6.45, 7) is 5.91. The molecular formula is C14H19N3O4S2. The van der Waals surface area contributed by atoms with E-state index in [1.807, 2.05) is 13.8 Å². The number of thiazole rings is 1. The van der Waals surface area contributed by atoms with Crippen LogP contribution in [0, 0.1) is 13.8 Å². The molecule has 2 aromatic heterocycles. The Morgan fingerprint density at radius 1 is 1.43 bits per heavy atom. The van der Waals surface area contributed by atoms with Crippen molar-refractivity contribution >= 4 is 27.3 Å². The number of amides is 1. The molecule has 0 aliphatic heterocycles. The van der Waals surface area contributed by atoms with Crippen molar-refractivity contribution in [2.75, 3.05) is 13.6 Å². The van der Waals surface area contributed by atoms with Crippen LogP contribution in [-0.4, -0.2) is 32.9 Å².